The minimum Gasteiger partial charge on any atom is -0.478 e. The predicted molar refractivity (Wildman–Crippen MR) is 103 cm³/mol. The summed E-state index contributed by atoms with van der Waals surface area (Å²) in [6.45, 7) is 8.10. The molecule has 1 aromatic heterocycles. The second kappa shape index (κ2) is 7.16. The molecule has 0 spiro atoms. The molecule has 0 radical (unpaired) electrons. The summed E-state index contributed by atoms with van der Waals surface area (Å²) < 4.78 is 14.0. The number of hydrogen-bond acceptors (Lipinski definition) is 1. The van der Waals surface area contributed by atoms with E-state index in [0.29, 0.717) is 5.52 Å². The van der Waals surface area contributed by atoms with Gasteiger partial charge in [0, 0.05) is 11.1 Å². The molecule has 0 fully saturated rings. The van der Waals surface area contributed by atoms with Crippen molar-refractivity contribution in [3.8, 4) is 0 Å². The number of carbonyl (C=O) groups is 1. The Morgan fingerprint density at radius 2 is 1.77 bits per heavy atom. The Morgan fingerprint density at radius 1 is 1.12 bits per heavy atom. The number of nitrogens with one attached hydrogen (secondary N) is 1. The first-order valence-corrected chi connectivity index (χ1v) is 8.66. The third kappa shape index (κ3) is 3.40. The fraction of sp³-hybridized carbons (Fsp3) is 0.227. The van der Waals surface area contributed by atoms with Crippen LogP contribution in [0.2, 0.25) is 0 Å². The second-order valence-corrected chi connectivity index (χ2v) is 6.68. The van der Waals surface area contributed by atoms with Crippen LogP contribution in [-0.2, 0) is 6.42 Å². The summed E-state index contributed by atoms with van der Waals surface area (Å²) in [5, 5.41) is 9.95. The second-order valence-electron chi connectivity index (χ2n) is 6.68. The number of halogens is 1. The average Bonchev–Trinajstić information content (AvgIpc) is 2.96. The number of aromatic nitrogens is 1. The lowest BCUT2D eigenvalue weighted by Gasteiger charge is -2.08. The van der Waals surface area contributed by atoms with E-state index in [0.717, 1.165) is 52.6 Å². The smallest absolute Gasteiger partial charge is 0.335 e. The molecule has 2 aromatic carbocycles. The van der Waals surface area contributed by atoms with Crippen molar-refractivity contribution in [3.05, 3.63) is 76.7 Å². The van der Waals surface area contributed by atoms with Gasteiger partial charge >= 0.3 is 5.97 Å². The fourth-order valence-electron chi connectivity index (χ4n) is 3.43. The Morgan fingerprint density at radius 3 is 2.42 bits per heavy atom. The van der Waals surface area contributed by atoms with Crippen molar-refractivity contribution in [2.45, 2.75) is 33.1 Å². The monoisotopic (exact) mass is 351 g/mol. The molecule has 0 aliphatic rings. The maximum absolute atomic E-state index is 14.0. The van der Waals surface area contributed by atoms with Crippen LogP contribution in [-0.4, -0.2) is 16.1 Å². The number of carboxylic acid groups (broad SMARTS) is 1. The van der Waals surface area contributed by atoms with Crippen molar-refractivity contribution in [3.63, 3.8) is 0 Å². The van der Waals surface area contributed by atoms with Crippen LogP contribution >= 0.6 is 0 Å². The first-order valence-electron chi connectivity index (χ1n) is 8.66. The molecule has 3 rings (SSSR count). The van der Waals surface area contributed by atoms with Crippen LogP contribution in [0.15, 0.2) is 43.0 Å². The molecule has 0 aliphatic carbocycles. The van der Waals surface area contributed by atoms with Crippen molar-refractivity contribution >= 4 is 22.4 Å². The Labute approximate surface area is 152 Å². The number of fused-ring (bicyclic) bond motifs is 1. The van der Waals surface area contributed by atoms with E-state index in [-0.39, 0.29) is 11.4 Å². The number of H-pyrrole nitrogens is 1. The number of aromatic amines is 1. The highest BCUT2D eigenvalue weighted by atomic mass is 19.1. The molecule has 4 heteroatoms. The fourth-order valence-corrected chi connectivity index (χ4v) is 3.43. The number of rotatable bonds is 6. The average molecular weight is 351 g/mol. The van der Waals surface area contributed by atoms with Crippen molar-refractivity contribution in [1.29, 1.82) is 0 Å². The quantitative estimate of drug-likeness (QED) is 0.602. The van der Waals surface area contributed by atoms with Crippen molar-refractivity contribution in [1.82, 2.24) is 4.98 Å². The standard InChI is InChI=1S/C22H22FNO2/c1-13(16-8-10-17(11-9-16)22(25)26)5-4-6-18-15(3)24-21-19(23)12-7-14(2)20(18)21/h7-12,24H,1,4-6H2,2-3H3,(H,25,26). The molecule has 2 N–H and O–H groups in total. The van der Waals surface area contributed by atoms with Gasteiger partial charge in [0.25, 0.3) is 0 Å². The van der Waals surface area contributed by atoms with Crippen LogP contribution in [0.3, 0.4) is 0 Å². The molecule has 0 amide bonds. The van der Waals surface area contributed by atoms with Gasteiger partial charge < -0.3 is 10.1 Å². The molecule has 134 valence electrons. The number of aromatic carboxylic acids is 1. The molecule has 1 heterocycles. The van der Waals surface area contributed by atoms with Crippen molar-refractivity contribution in [2.75, 3.05) is 0 Å². The highest BCUT2D eigenvalue weighted by Gasteiger charge is 2.14. The molecule has 3 nitrogen and oxygen atoms in total. The van der Waals surface area contributed by atoms with E-state index in [1.165, 1.54) is 6.07 Å². The zero-order valence-electron chi connectivity index (χ0n) is 15.0. The molecular formula is C22H22FNO2. The first kappa shape index (κ1) is 17.9. The molecule has 0 aliphatic heterocycles. The third-order valence-electron chi connectivity index (χ3n) is 4.88. The molecular weight excluding hydrogens is 329 g/mol. The van der Waals surface area contributed by atoms with Gasteiger partial charge in [0.05, 0.1) is 11.1 Å². The third-order valence-corrected chi connectivity index (χ3v) is 4.88. The van der Waals surface area contributed by atoms with Gasteiger partial charge in [-0.05, 0) is 73.6 Å². The minimum absolute atomic E-state index is 0.220. The summed E-state index contributed by atoms with van der Waals surface area (Å²) in [4.78, 5) is 14.1. The molecule has 0 unspecified atom stereocenters. The van der Waals surface area contributed by atoms with E-state index >= 15 is 0 Å². The van der Waals surface area contributed by atoms with E-state index in [4.69, 9.17) is 5.11 Å². The van der Waals surface area contributed by atoms with E-state index in [1.807, 2.05) is 19.9 Å². The Balaban J connectivity index is 1.71. The van der Waals surface area contributed by atoms with Crippen molar-refractivity contribution in [2.24, 2.45) is 0 Å². The minimum atomic E-state index is -0.931. The van der Waals surface area contributed by atoms with Gasteiger partial charge in [0.2, 0.25) is 0 Å². The van der Waals surface area contributed by atoms with Crippen LogP contribution < -0.4 is 0 Å². The lowest BCUT2D eigenvalue weighted by atomic mass is 9.97. The summed E-state index contributed by atoms with van der Waals surface area (Å²) in [6.07, 6.45) is 2.53. The van der Waals surface area contributed by atoms with E-state index in [1.54, 1.807) is 24.3 Å². The molecule has 26 heavy (non-hydrogen) atoms. The van der Waals surface area contributed by atoms with Crippen LogP contribution in [0.5, 0.6) is 0 Å². The summed E-state index contributed by atoms with van der Waals surface area (Å²) in [6, 6.07) is 10.1. The summed E-state index contributed by atoms with van der Waals surface area (Å²) >= 11 is 0. The molecule has 0 saturated heterocycles. The molecule has 3 aromatic rings. The van der Waals surface area contributed by atoms with Gasteiger partial charge in [-0.1, -0.05) is 24.8 Å². The lowest BCUT2D eigenvalue weighted by molar-refractivity contribution is 0.0697. The highest BCUT2D eigenvalue weighted by molar-refractivity contribution is 5.89. The zero-order valence-corrected chi connectivity index (χ0v) is 15.0. The zero-order chi connectivity index (χ0) is 18.8. The Kier molecular flexibility index (Phi) is 4.94. The van der Waals surface area contributed by atoms with Crippen LogP contribution in [0.1, 0.15) is 45.6 Å². The summed E-state index contributed by atoms with van der Waals surface area (Å²) in [7, 11) is 0. The topological polar surface area (TPSA) is 53.1 Å². The Hall–Kier alpha value is -2.88. The maximum atomic E-state index is 14.0. The largest absolute Gasteiger partial charge is 0.478 e. The SMILES string of the molecule is C=C(CCCc1c(C)[nH]c2c(F)ccc(C)c12)c1ccc(C(=O)O)cc1. The van der Waals surface area contributed by atoms with Crippen LogP contribution in [0.4, 0.5) is 4.39 Å². The van der Waals surface area contributed by atoms with Gasteiger partial charge in [-0.2, -0.15) is 0 Å². The number of benzene rings is 2. The number of allylic oxidation sites excluding steroid dienone is 1. The molecule has 0 bridgehead atoms. The summed E-state index contributed by atoms with van der Waals surface area (Å²) in [5.74, 6) is -1.15. The van der Waals surface area contributed by atoms with Crippen LogP contribution in [0.25, 0.3) is 16.5 Å². The number of carboxylic acids is 1. The summed E-state index contributed by atoms with van der Waals surface area (Å²) in [5.41, 5.74) is 6.02. The van der Waals surface area contributed by atoms with Gasteiger partial charge in [-0.25, -0.2) is 9.18 Å². The first-order chi connectivity index (χ1) is 12.4. The van der Waals surface area contributed by atoms with Gasteiger partial charge in [-0.3, -0.25) is 0 Å². The highest BCUT2D eigenvalue weighted by Crippen LogP contribution is 2.29. The van der Waals surface area contributed by atoms with Crippen LogP contribution in [0, 0.1) is 19.7 Å². The Bertz CT molecular complexity index is 984. The van der Waals surface area contributed by atoms with Gasteiger partial charge in [0.1, 0.15) is 5.82 Å². The van der Waals surface area contributed by atoms with E-state index in [2.05, 4.69) is 11.6 Å². The number of aryl methyl sites for hydroxylation is 3. The van der Waals surface area contributed by atoms with E-state index < -0.39 is 5.97 Å². The van der Waals surface area contributed by atoms with Gasteiger partial charge in [-0.15, -0.1) is 0 Å². The predicted octanol–water partition coefficient (Wildman–Crippen LogP) is 5.66. The normalized spacial score (nSPS) is 11.0. The lowest BCUT2D eigenvalue weighted by Crippen LogP contribution is -1.96. The number of hydrogen-bond donors (Lipinski definition) is 2. The van der Waals surface area contributed by atoms with Crippen molar-refractivity contribution < 1.29 is 14.3 Å². The van der Waals surface area contributed by atoms with E-state index in [9.17, 15) is 9.18 Å². The molecule has 0 atom stereocenters. The molecule has 0 saturated carbocycles. The van der Waals surface area contributed by atoms with Gasteiger partial charge in [0.15, 0.2) is 0 Å². The maximum Gasteiger partial charge on any atom is 0.335 e.